The second-order valence-corrected chi connectivity index (χ2v) is 6.57. The topological polar surface area (TPSA) is 115 Å². The van der Waals surface area contributed by atoms with Crippen LogP contribution < -0.4 is 4.74 Å². The fourth-order valence-electron chi connectivity index (χ4n) is 3.08. The average molecular weight is 445 g/mol. The third kappa shape index (κ3) is 3.73. The van der Waals surface area contributed by atoms with E-state index >= 15 is 0 Å². The van der Waals surface area contributed by atoms with Gasteiger partial charge in [0.2, 0.25) is 0 Å². The Morgan fingerprint density at radius 1 is 1.09 bits per heavy atom. The first kappa shape index (κ1) is 20.9. The van der Waals surface area contributed by atoms with Crippen molar-refractivity contribution in [1.29, 1.82) is 0 Å². The number of phenols is 1. The maximum atomic E-state index is 13.4. The summed E-state index contributed by atoms with van der Waals surface area (Å²) >= 11 is 0. The fraction of sp³-hybridized carbons (Fsp3) is 0.100. The van der Waals surface area contributed by atoms with Gasteiger partial charge < -0.3 is 14.9 Å². The molecule has 0 saturated carbocycles. The molecule has 0 bridgehead atoms. The highest BCUT2D eigenvalue weighted by Gasteiger charge is 2.40. The van der Waals surface area contributed by atoms with Crippen LogP contribution in [0.25, 0.3) is 22.6 Å². The van der Waals surface area contributed by atoms with Crippen LogP contribution in [0, 0.1) is 0 Å². The van der Waals surface area contributed by atoms with Crippen LogP contribution in [0.2, 0.25) is 0 Å². The summed E-state index contributed by atoms with van der Waals surface area (Å²) in [6.45, 7) is 0. The van der Waals surface area contributed by atoms with E-state index < -0.39 is 23.4 Å². The molecule has 0 spiro atoms. The zero-order valence-electron chi connectivity index (χ0n) is 16.3. The normalized spacial score (nSPS) is 11.5. The third-order valence-electron chi connectivity index (χ3n) is 4.60. The van der Waals surface area contributed by atoms with Crippen LogP contribution in [0.4, 0.5) is 13.2 Å². The van der Waals surface area contributed by atoms with Crippen molar-refractivity contribution in [3.8, 4) is 34.1 Å². The first-order chi connectivity index (χ1) is 15.2. The monoisotopic (exact) mass is 445 g/mol. The van der Waals surface area contributed by atoms with Gasteiger partial charge in [-0.15, -0.1) is 5.10 Å². The number of carbonyl (C=O) groups is 1. The van der Waals surface area contributed by atoms with Gasteiger partial charge in [-0.1, -0.05) is 5.21 Å². The number of rotatable bonds is 5. The van der Waals surface area contributed by atoms with Gasteiger partial charge in [-0.05, 0) is 42.5 Å². The molecule has 0 aliphatic rings. The number of carboxylic acid groups (broad SMARTS) is 1. The molecule has 0 aliphatic carbocycles. The van der Waals surface area contributed by atoms with E-state index in [1.165, 1.54) is 42.1 Å². The molecule has 2 N–H and O–H groups in total. The molecule has 9 nitrogen and oxygen atoms in total. The number of benzene rings is 2. The number of carboxylic acids is 1. The van der Waals surface area contributed by atoms with Crippen LogP contribution in [0.3, 0.4) is 0 Å². The summed E-state index contributed by atoms with van der Waals surface area (Å²) in [6.07, 6.45) is -2.65. The van der Waals surface area contributed by atoms with Crippen LogP contribution in [0.1, 0.15) is 16.1 Å². The number of aromatic hydroxyl groups is 1. The number of hydrogen-bond acceptors (Lipinski definition) is 6. The van der Waals surface area contributed by atoms with Gasteiger partial charge in [-0.2, -0.15) is 18.3 Å². The number of hydrogen-bond donors (Lipinski definition) is 2. The number of halogens is 3. The van der Waals surface area contributed by atoms with E-state index in [2.05, 4.69) is 15.4 Å². The van der Waals surface area contributed by atoms with Crippen LogP contribution in [-0.4, -0.2) is 48.1 Å². The number of ether oxygens (including phenoxy) is 1. The van der Waals surface area contributed by atoms with Crippen LogP contribution in [-0.2, 0) is 6.18 Å². The van der Waals surface area contributed by atoms with E-state index in [-0.39, 0.29) is 17.2 Å². The highest BCUT2D eigenvalue weighted by atomic mass is 19.4. The van der Waals surface area contributed by atoms with Gasteiger partial charge in [0, 0.05) is 5.56 Å². The molecule has 4 aromatic rings. The van der Waals surface area contributed by atoms with Crippen molar-refractivity contribution in [3.05, 3.63) is 66.1 Å². The summed E-state index contributed by atoms with van der Waals surface area (Å²) in [4.78, 5) is 11.1. The number of aromatic carboxylic acids is 1. The Kier molecular flexibility index (Phi) is 5.04. The highest BCUT2D eigenvalue weighted by Crippen LogP contribution is 2.34. The number of aromatic nitrogens is 5. The van der Waals surface area contributed by atoms with Crippen molar-refractivity contribution >= 4 is 5.97 Å². The van der Waals surface area contributed by atoms with Gasteiger partial charge in [0.15, 0.2) is 17.2 Å². The van der Waals surface area contributed by atoms with Crippen molar-refractivity contribution in [3.63, 3.8) is 0 Å². The quantitative estimate of drug-likeness (QED) is 0.483. The van der Waals surface area contributed by atoms with Gasteiger partial charge in [-0.25, -0.2) is 14.2 Å². The summed E-state index contributed by atoms with van der Waals surface area (Å²) in [5, 5.41) is 30.4. The van der Waals surface area contributed by atoms with Crippen LogP contribution in [0.5, 0.6) is 11.5 Å². The first-order valence-corrected chi connectivity index (χ1v) is 8.98. The van der Waals surface area contributed by atoms with Gasteiger partial charge in [0.25, 0.3) is 0 Å². The number of phenolic OH excluding ortho intramolecular Hbond substituents is 1. The van der Waals surface area contributed by atoms with Crippen molar-refractivity contribution in [2.24, 2.45) is 0 Å². The molecular formula is C20H14F3N5O4. The van der Waals surface area contributed by atoms with Crippen molar-refractivity contribution in [1.82, 2.24) is 24.8 Å². The molecule has 0 aliphatic heterocycles. The lowest BCUT2D eigenvalue weighted by Crippen LogP contribution is -2.17. The summed E-state index contributed by atoms with van der Waals surface area (Å²) in [7, 11) is 1.42. The van der Waals surface area contributed by atoms with Gasteiger partial charge >= 0.3 is 12.1 Å². The molecule has 2 heterocycles. The first-order valence-electron chi connectivity index (χ1n) is 8.98. The zero-order valence-corrected chi connectivity index (χ0v) is 16.3. The average Bonchev–Trinajstić information content (AvgIpc) is 3.42. The molecule has 0 amide bonds. The van der Waals surface area contributed by atoms with Crippen LogP contribution >= 0.6 is 0 Å². The molecule has 0 unspecified atom stereocenters. The molecule has 12 heteroatoms. The van der Waals surface area contributed by atoms with Crippen molar-refractivity contribution in [2.45, 2.75) is 6.18 Å². The molecule has 164 valence electrons. The van der Waals surface area contributed by atoms with E-state index in [0.717, 1.165) is 0 Å². The minimum Gasteiger partial charge on any atom is -0.504 e. The lowest BCUT2D eigenvalue weighted by molar-refractivity contribution is -0.143. The van der Waals surface area contributed by atoms with Crippen molar-refractivity contribution in [2.75, 3.05) is 7.11 Å². The maximum Gasteiger partial charge on any atom is 0.434 e. The van der Waals surface area contributed by atoms with E-state index in [0.29, 0.717) is 27.8 Å². The van der Waals surface area contributed by atoms with Gasteiger partial charge in [-0.3, -0.25) is 0 Å². The second kappa shape index (κ2) is 7.72. The molecular weight excluding hydrogens is 431 g/mol. The molecule has 0 saturated heterocycles. The summed E-state index contributed by atoms with van der Waals surface area (Å²) in [5.41, 5.74) is -0.677. The largest absolute Gasteiger partial charge is 0.504 e. The Hall–Kier alpha value is -4.35. The molecule has 32 heavy (non-hydrogen) atoms. The molecule has 2 aromatic carbocycles. The lowest BCUT2D eigenvalue weighted by atomic mass is 10.1. The van der Waals surface area contributed by atoms with Gasteiger partial charge in [0.05, 0.1) is 30.9 Å². The lowest BCUT2D eigenvalue weighted by Gasteiger charge is -2.12. The van der Waals surface area contributed by atoms with Gasteiger partial charge in [0.1, 0.15) is 11.3 Å². The summed E-state index contributed by atoms with van der Waals surface area (Å²) in [5.74, 6) is -1.48. The Morgan fingerprint density at radius 3 is 2.41 bits per heavy atom. The minimum absolute atomic E-state index is 0.0252. The predicted molar refractivity (Wildman–Crippen MR) is 104 cm³/mol. The molecule has 0 atom stereocenters. The SMILES string of the molecule is COc1cc(-c2cn(-c3ccc(-n4ncc(C(=O)O)c4C(F)(F)F)cc3)nn2)ccc1O. The zero-order chi connectivity index (χ0) is 23.0. The smallest absolute Gasteiger partial charge is 0.434 e. The van der Waals surface area contributed by atoms with Crippen molar-refractivity contribution < 1.29 is 32.9 Å². The Morgan fingerprint density at radius 2 is 1.78 bits per heavy atom. The van der Waals surface area contributed by atoms with E-state index in [4.69, 9.17) is 9.84 Å². The van der Waals surface area contributed by atoms with E-state index in [1.54, 1.807) is 18.3 Å². The van der Waals surface area contributed by atoms with E-state index in [1.807, 2.05) is 0 Å². The number of methoxy groups -OCH3 is 1. The number of nitrogens with zero attached hydrogens (tertiary/aromatic N) is 5. The Labute approximate surface area is 177 Å². The Balaban J connectivity index is 1.66. The fourth-order valence-corrected chi connectivity index (χ4v) is 3.08. The number of alkyl halides is 3. The summed E-state index contributed by atoms with van der Waals surface area (Å²) < 4.78 is 47.2. The Bertz CT molecular complexity index is 1300. The molecule has 4 rings (SSSR count). The third-order valence-corrected chi connectivity index (χ3v) is 4.60. The minimum atomic E-state index is -4.91. The van der Waals surface area contributed by atoms with Crippen LogP contribution in [0.15, 0.2) is 54.9 Å². The molecule has 0 radical (unpaired) electrons. The predicted octanol–water partition coefficient (Wildman–Crippen LogP) is 3.55. The maximum absolute atomic E-state index is 13.4. The summed E-state index contributed by atoms with van der Waals surface area (Å²) in [6, 6.07) is 10.4. The van der Waals surface area contributed by atoms with E-state index in [9.17, 15) is 23.1 Å². The standard InChI is InChI=1S/C20H14F3N5O4/c1-32-17-8-11(2-7-16(17)29)15-10-27(26-25-15)12-3-5-13(6-4-12)28-18(20(21,22)23)14(9-24-28)19(30)31/h2-10,29H,1H3,(H,30,31). The molecule has 0 fully saturated rings. The highest BCUT2D eigenvalue weighted by molar-refractivity contribution is 5.89. The second-order valence-electron chi connectivity index (χ2n) is 6.57. The molecule has 2 aromatic heterocycles.